The quantitative estimate of drug-likeness (QED) is 0.562. The molecule has 1 heterocycles. The Hall–Kier alpha value is -0.120. The molecule has 0 bridgehead atoms. The van der Waals surface area contributed by atoms with Crippen LogP contribution in [-0.2, 0) is 4.74 Å². The van der Waals surface area contributed by atoms with Crippen LogP contribution in [0.5, 0.6) is 0 Å². The maximum Gasteiger partial charge on any atom is 0.0667 e. The summed E-state index contributed by atoms with van der Waals surface area (Å²) in [5, 5.41) is 6.65. The van der Waals surface area contributed by atoms with Crippen LogP contribution < -0.4 is 10.6 Å². The van der Waals surface area contributed by atoms with Crippen LogP contribution in [0.1, 0.15) is 13.3 Å². The third kappa shape index (κ3) is 3.52. The van der Waals surface area contributed by atoms with Crippen molar-refractivity contribution in [3.63, 3.8) is 0 Å². The lowest BCUT2D eigenvalue weighted by molar-refractivity contribution is 0.116. The van der Waals surface area contributed by atoms with Gasteiger partial charge in [-0.15, -0.1) is 0 Å². The van der Waals surface area contributed by atoms with E-state index < -0.39 is 0 Å². The first-order valence-electron chi connectivity index (χ1n) is 4.77. The molecule has 1 fully saturated rings. The first kappa shape index (κ1) is 9.96. The first-order valence-corrected chi connectivity index (χ1v) is 4.77. The molecule has 1 aliphatic heterocycles. The van der Waals surface area contributed by atoms with Crippen molar-refractivity contribution in [3.05, 3.63) is 0 Å². The van der Waals surface area contributed by atoms with E-state index in [0.717, 1.165) is 19.0 Å². The van der Waals surface area contributed by atoms with Crippen LogP contribution in [-0.4, -0.2) is 39.4 Å². The van der Waals surface area contributed by atoms with Gasteiger partial charge < -0.3 is 15.4 Å². The van der Waals surface area contributed by atoms with Crippen LogP contribution in [0.3, 0.4) is 0 Å². The Kier molecular flexibility index (Phi) is 4.58. The zero-order chi connectivity index (χ0) is 8.81. The molecule has 12 heavy (non-hydrogen) atoms. The highest BCUT2D eigenvalue weighted by molar-refractivity contribution is 4.75. The molecular formula is C9H20N2O. The average Bonchev–Trinajstić information content (AvgIpc) is 2.00. The Labute approximate surface area is 74.9 Å². The molecule has 2 N–H and O–H groups in total. The smallest absolute Gasteiger partial charge is 0.0667 e. The van der Waals surface area contributed by atoms with Gasteiger partial charge in [-0.1, -0.05) is 0 Å². The summed E-state index contributed by atoms with van der Waals surface area (Å²) in [4.78, 5) is 0. The van der Waals surface area contributed by atoms with Gasteiger partial charge in [-0.25, -0.2) is 0 Å². The molecule has 1 unspecified atom stereocenters. The minimum Gasteiger partial charge on any atom is -0.380 e. The molecule has 1 rings (SSSR count). The van der Waals surface area contributed by atoms with Crippen molar-refractivity contribution in [2.45, 2.75) is 19.4 Å². The minimum atomic E-state index is 0.338. The van der Waals surface area contributed by atoms with E-state index in [-0.39, 0.29) is 0 Å². The number of rotatable bonds is 6. The van der Waals surface area contributed by atoms with Crippen molar-refractivity contribution in [2.24, 2.45) is 5.92 Å². The van der Waals surface area contributed by atoms with E-state index in [9.17, 15) is 0 Å². The molecule has 72 valence electrons. The van der Waals surface area contributed by atoms with Crippen LogP contribution in [0.15, 0.2) is 0 Å². The molecule has 0 radical (unpaired) electrons. The highest BCUT2D eigenvalue weighted by atomic mass is 16.5. The molecule has 1 atom stereocenters. The van der Waals surface area contributed by atoms with Crippen molar-refractivity contribution >= 4 is 0 Å². The third-order valence-corrected chi connectivity index (χ3v) is 2.43. The van der Waals surface area contributed by atoms with Crippen LogP contribution in [0, 0.1) is 5.92 Å². The van der Waals surface area contributed by atoms with E-state index >= 15 is 0 Å². The maximum atomic E-state index is 5.12. The molecule has 0 aliphatic carbocycles. The van der Waals surface area contributed by atoms with Crippen molar-refractivity contribution in [3.8, 4) is 0 Å². The van der Waals surface area contributed by atoms with Gasteiger partial charge in [0, 0.05) is 13.7 Å². The fraction of sp³-hybridized carbons (Fsp3) is 1.00. The van der Waals surface area contributed by atoms with Crippen LogP contribution in [0.25, 0.3) is 0 Å². The summed E-state index contributed by atoms with van der Waals surface area (Å²) in [5.74, 6) is 0.912. The Morgan fingerprint density at radius 3 is 2.83 bits per heavy atom. The average molecular weight is 172 g/mol. The monoisotopic (exact) mass is 172 g/mol. The Bertz CT molecular complexity index is 108. The predicted octanol–water partition coefficient (Wildman–Crippen LogP) is 0.220. The molecule has 0 spiro atoms. The fourth-order valence-corrected chi connectivity index (χ4v) is 1.25. The second-order valence-electron chi connectivity index (χ2n) is 3.56. The number of ether oxygens (including phenoxy) is 1. The zero-order valence-electron chi connectivity index (χ0n) is 8.10. The SMILES string of the molecule is COC(C)CNCCC1CNC1. The van der Waals surface area contributed by atoms with Gasteiger partial charge >= 0.3 is 0 Å². The maximum absolute atomic E-state index is 5.12. The molecule has 0 amide bonds. The highest BCUT2D eigenvalue weighted by Crippen LogP contribution is 2.06. The van der Waals surface area contributed by atoms with Crippen molar-refractivity contribution < 1.29 is 4.74 Å². The van der Waals surface area contributed by atoms with Crippen molar-refractivity contribution in [2.75, 3.05) is 33.3 Å². The molecule has 3 nitrogen and oxygen atoms in total. The van der Waals surface area contributed by atoms with Gasteiger partial charge in [0.25, 0.3) is 0 Å². The Balaban J connectivity index is 1.82. The summed E-state index contributed by atoms with van der Waals surface area (Å²) in [5.41, 5.74) is 0. The van der Waals surface area contributed by atoms with E-state index in [1.165, 1.54) is 19.5 Å². The second kappa shape index (κ2) is 5.51. The van der Waals surface area contributed by atoms with Gasteiger partial charge in [-0.05, 0) is 38.9 Å². The lowest BCUT2D eigenvalue weighted by Crippen LogP contribution is -2.43. The van der Waals surface area contributed by atoms with E-state index in [0.29, 0.717) is 6.10 Å². The Morgan fingerprint density at radius 2 is 2.33 bits per heavy atom. The van der Waals surface area contributed by atoms with Gasteiger partial charge in [0.2, 0.25) is 0 Å². The number of hydrogen-bond acceptors (Lipinski definition) is 3. The number of hydrogen-bond donors (Lipinski definition) is 2. The summed E-state index contributed by atoms with van der Waals surface area (Å²) in [7, 11) is 1.75. The van der Waals surface area contributed by atoms with Crippen LogP contribution in [0.2, 0.25) is 0 Å². The van der Waals surface area contributed by atoms with Crippen LogP contribution in [0.4, 0.5) is 0 Å². The standard InChI is InChI=1S/C9H20N2O/c1-8(12-2)5-10-4-3-9-6-11-7-9/h8-11H,3-7H2,1-2H3. The molecule has 0 saturated carbocycles. The van der Waals surface area contributed by atoms with E-state index in [2.05, 4.69) is 17.6 Å². The van der Waals surface area contributed by atoms with E-state index in [1.54, 1.807) is 7.11 Å². The molecule has 0 aromatic heterocycles. The van der Waals surface area contributed by atoms with Gasteiger partial charge in [0.15, 0.2) is 0 Å². The molecule has 0 aromatic rings. The van der Waals surface area contributed by atoms with Gasteiger partial charge in [0.05, 0.1) is 6.10 Å². The zero-order valence-corrected chi connectivity index (χ0v) is 8.10. The summed E-state index contributed by atoms with van der Waals surface area (Å²) in [6, 6.07) is 0. The lowest BCUT2D eigenvalue weighted by atomic mass is 10.00. The van der Waals surface area contributed by atoms with Crippen molar-refractivity contribution in [1.82, 2.24) is 10.6 Å². The first-order chi connectivity index (χ1) is 5.83. The van der Waals surface area contributed by atoms with Gasteiger partial charge in [0.1, 0.15) is 0 Å². The molecule has 3 heteroatoms. The molecule has 1 saturated heterocycles. The summed E-state index contributed by atoms with van der Waals surface area (Å²) in [6.45, 7) is 6.59. The number of methoxy groups -OCH3 is 1. The summed E-state index contributed by atoms with van der Waals surface area (Å²) < 4.78 is 5.12. The molecular weight excluding hydrogens is 152 g/mol. The van der Waals surface area contributed by atoms with E-state index in [4.69, 9.17) is 4.74 Å². The largest absolute Gasteiger partial charge is 0.380 e. The third-order valence-electron chi connectivity index (χ3n) is 2.43. The fourth-order valence-electron chi connectivity index (χ4n) is 1.25. The predicted molar refractivity (Wildman–Crippen MR) is 50.3 cm³/mol. The second-order valence-corrected chi connectivity index (χ2v) is 3.56. The Morgan fingerprint density at radius 1 is 1.58 bits per heavy atom. The summed E-state index contributed by atoms with van der Waals surface area (Å²) in [6.07, 6.45) is 1.63. The van der Waals surface area contributed by atoms with Gasteiger partial charge in [-0.3, -0.25) is 0 Å². The summed E-state index contributed by atoms with van der Waals surface area (Å²) >= 11 is 0. The van der Waals surface area contributed by atoms with Gasteiger partial charge in [-0.2, -0.15) is 0 Å². The van der Waals surface area contributed by atoms with Crippen molar-refractivity contribution in [1.29, 1.82) is 0 Å². The highest BCUT2D eigenvalue weighted by Gasteiger charge is 2.15. The normalized spacial score (nSPS) is 20.5. The minimum absolute atomic E-state index is 0.338. The number of nitrogens with one attached hydrogen (secondary N) is 2. The lowest BCUT2D eigenvalue weighted by Gasteiger charge is -2.27. The van der Waals surface area contributed by atoms with E-state index in [1.807, 2.05) is 0 Å². The molecule has 0 aromatic carbocycles. The molecule has 1 aliphatic rings. The van der Waals surface area contributed by atoms with Crippen LogP contribution >= 0.6 is 0 Å². The topological polar surface area (TPSA) is 33.3 Å².